The van der Waals surface area contributed by atoms with Crippen molar-refractivity contribution in [1.82, 2.24) is 0 Å². The summed E-state index contributed by atoms with van der Waals surface area (Å²) in [6.07, 6.45) is -0.173. The fourth-order valence-corrected chi connectivity index (χ4v) is 6.08. The van der Waals surface area contributed by atoms with Gasteiger partial charge in [0.2, 0.25) is 0 Å². The molecule has 32 heavy (non-hydrogen) atoms. The zero-order valence-corrected chi connectivity index (χ0v) is 23.2. The van der Waals surface area contributed by atoms with E-state index in [2.05, 4.69) is 0 Å². The Bertz CT molecular complexity index is 1080. The topological polar surface area (TPSA) is 63.6 Å². The molecule has 2 aromatic rings. The summed E-state index contributed by atoms with van der Waals surface area (Å²) in [5.74, 6) is -0.755. The Balaban J connectivity index is 2.38. The van der Waals surface area contributed by atoms with E-state index in [4.69, 9.17) is 85.4 Å². The van der Waals surface area contributed by atoms with E-state index in [9.17, 15) is 13.5 Å². The quantitative estimate of drug-likeness (QED) is 0.145. The first kappa shape index (κ1) is 28.6. The van der Waals surface area contributed by atoms with Gasteiger partial charge in [-0.15, -0.1) is 23.2 Å². The summed E-state index contributed by atoms with van der Waals surface area (Å²) in [5, 5.41) is 10.6. The molecular formula is C20H19Cl7O4S. The van der Waals surface area contributed by atoms with Gasteiger partial charge in [-0.3, -0.25) is 4.18 Å². The van der Waals surface area contributed by atoms with Crippen LogP contribution in [0.4, 0.5) is 0 Å². The first-order chi connectivity index (χ1) is 14.6. The lowest BCUT2D eigenvalue weighted by Crippen LogP contribution is -2.35. The highest BCUT2D eigenvalue weighted by molar-refractivity contribution is 7.85. The average molecular weight is 604 g/mol. The van der Waals surface area contributed by atoms with Gasteiger partial charge in [0.25, 0.3) is 10.1 Å². The van der Waals surface area contributed by atoms with Crippen molar-refractivity contribution in [1.29, 1.82) is 0 Å². The lowest BCUT2D eigenvalue weighted by Gasteiger charge is -2.30. The predicted molar refractivity (Wildman–Crippen MR) is 135 cm³/mol. The van der Waals surface area contributed by atoms with Crippen LogP contribution in [0.2, 0.25) is 25.1 Å². The van der Waals surface area contributed by atoms with Crippen molar-refractivity contribution < 1.29 is 17.7 Å². The van der Waals surface area contributed by atoms with Crippen LogP contribution in [-0.2, 0) is 25.7 Å². The average Bonchev–Trinajstić information content (AvgIpc) is 2.70. The SMILES string of the molecule is Cc1cc(C(O)(COS(=O)(=O)Cc2c(Cl)c(Cl)c(Cl)c(Cl)c2Cl)CC(Cl)Cl)cc(C)c1C. The fraction of sp³-hybridized carbons (Fsp3) is 0.400. The molecule has 1 atom stereocenters. The Labute approximate surface area is 222 Å². The standard InChI is InChI=1S/C20H19Cl7O4S/c1-9-4-12(5-10(2)11(9)3)20(28,6-14(21)22)8-31-32(29,30)7-13-15(23)17(25)19(27)18(26)16(13)24/h4-5,14,28H,6-8H2,1-3H3. The number of halogens is 7. The van der Waals surface area contributed by atoms with E-state index < -0.39 is 32.9 Å². The maximum atomic E-state index is 12.7. The Kier molecular flexibility index (Phi) is 9.77. The van der Waals surface area contributed by atoms with Crippen LogP contribution < -0.4 is 0 Å². The highest BCUT2D eigenvalue weighted by Gasteiger charge is 2.35. The summed E-state index contributed by atoms with van der Waals surface area (Å²) >= 11 is 42.0. The first-order valence-corrected chi connectivity index (χ1v) is 13.4. The van der Waals surface area contributed by atoms with Crippen LogP contribution in [0.15, 0.2) is 12.1 Å². The van der Waals surface area contributed by atoms with Gasteiger partial charge in [0.1, 0.15) is 16.2 Å². The van der Waals surface area contributed by atoms with E-state index >= 15 is 0 Å². The van der Waals surface area contributed by atoms with Gasteiger partial charge in [0.05, 0.1) is 31.7 Å². The molecule has 0 amide bonds. The van der Waals surface area contributed by atoms with E-state index in [1.165, 1.54) is 0 Å². The summed E-state index contributed by atoms with van der Waals surface area (Å²) in [5.41, 5.74) is 1.42. The molecule has 0 bridgehead atoms. The van der Waals surface area contributed by atoms with Crippen LogP contribution in [0.1, 0.15) is 34.2 Å². The number of rotatable bonds is 8. The molecular weight excluding hydrogens is 584 g/mol. The molecule has 12 heteroatoms. The second kappa shape index (κ2) is 10.9. The van der Waals surface area contributed by atoms with Crippen molar-refractivity contribution in [3.8, 4) is 0 Å². The molecule has 0 aliphatic heterocycles. The van der Waals surface area contributed by atoms with Crippen molar-refractivity contribution in [2.75, 3.05) is 6.61 Å². The van der Waals surface area contributed by atoms with Gasteiger partial charge in [0.15, 0.2) is 0 Å². The number of aliphatic hydroxyl groups is 1. The molecule has 0 aromatic heterocycles. The molecule has 178 valence electrons. The van der Waals surface area contributed by atoms with Crippen LogP contribution in [0.3, 0.4) is 0 Å². The Morgan fingerprint density at radius 3 is 1.78 bits per heavy atom. The van der Waals surface area contributed by atoms with E-state index in [0.717, 1.165) is 16.7 Å². The molecule has 0 aliphatic carbocycles. The fourth-order valence-electron chi connectivity index (χ4n) is 3.00. The molecule has 0 saturated carbocycles. The lowest BCUT2D eigenvalue weighted by atomic mass is 9.88. The molecule has 2 rings (SSSR count). The van der Waals surface area contributed by atoms with Gasteiger partial charge in [0, 0.05) is 12.0 Å². The number of benzene rings is 2. The number of hydrogen-bond acceptors (Lipinski definition) is 4. The second-order valence-corrected chi connectivity index (χ2v) is 12.2. The third-order valence-corrected chi connectivity index (χ3v) is 8.84. The molecule has 0 heterocycles. The van der Waals surface area contributed by atoms with Crippen LogP contribution in [0.5, 0.6) is 0 Å². The van der Waals surface area contributed by atoms with Gasteiger partial charge in [-0.2, -0.15) is 8.42 Å². The monoisotopic (exact) mass is 600 g/mol. The second-order valence-electron chi connectivity index (χ2n) is 7.37. The molecule has 0 fully saturated rings. The van der Waals surface area contributed by atoms with Crippen molar-refractivity contribution in [3.63, 3.8) is 0 Å². The van der Waals surface area contributed by atoms with Crippen molar-refractivity contribution in [2.45, 2.75) is 43.4 Å². The molecule has 0 aliphatic rings. The first-order valence-electron chi connectivity index (χ1n) is 9.06. The summed E-state index contributed by atoms with van der Waals surface area (Å²) in [4.78, 5) is -0.981. The van der Waals surface area contributed by atoms with Crippen LogP contribution in [-0.4, -0.2) is 25.0 Å². The highest BCUT2D eigenvalue weighted by Crippen LogP contribution is 2.44. The Morgan fingerprint density at radius 1 is 0.906 bits per heavy atom. The van der Waals surface area contributed by atoms with Crippen molar-refractivity contribution >= 4 is 91.3 Å². The van der Waals surface area contributed by atoms with E-state index in [-0.39, 0.29) is 37.1 Å². The molecule has 1 N–H and O–H groups in total. The smallest absolute Gasteiger partial charge is 0.271 e. The zero-order valence-electron chi connectivity index (χ0n) is 17.1. The lowest BCUT2D eigenvalue weighted by molar-refractivity contribution is -0.0123. The van der Waals surface area contributed by atoms with Crippen molar-refractivity contribution in [2.24, 2.45) is 0 Å². The summed E-state index contributed by atoms with van der Waals surface area (Å²) in [6.45, 7) is 5.05. The third-order valence-electron chi connectivity index (χ3n) is 5.06. The normalized spacial score (nSPS) is 14.1. The molecule has 0 radical (unpaired) electrons. The van der Waals surface area contributed by atoms with Gasteiger partial charge in [-0.25, -0.2) is 0 Å². The number of aryl methyl sites for hydroxylation is 2. The highest BCUT2D eigenvalue weighted by atomic mass is 35.5. The van der Waals surface area contributed by atoms with Crippen molar-refractivity contribution in [3.05, 3.63) is 65.1 Å². The maximum Gasteiger partial charge on any atom is 0.271 e. The van der Waals surface area contributed by atoms with Gasteiger partial charge < -0.3 is 5.11 Å². The van der Waals surface area contributed by atoms with E-state index in [1.54, 1.807) is 12.1 Å². The molecule has 2 aromatic carbocycles. The predicted octanol–water partition coefficient (Wildman–Crippen LogP) is 7.81. The van der Waals surface area contributed by atoms with E-state index in [0.29, 0.717) is 5.56 Å². The summed E-state index contributed by atoms with van der Waals surface area (Å²) in [6, 6.07) is 3.47. The number of alkyl halides is 2. The van der Waals surface area contributed by atoms with Crippen LogP contribution in [0, 0.1) is 20.8 Å². The minimum atomic E-state index is -4.31. The minimum absolute atomic E-state index is 0.0779. The molecule has 0 spiro atoms. The largest absolute Gasteiger partial charge is 0.383 e. The van der Waals surface area contributed by atoms with Gasteiger partial charge in [-0.1, -0.05) is 70.1 Å². The maximum absolute atomic E-state index is 12.7. The molecule has 0 saturated heterocycles. The summed E-state index contributed by atoms with van der Waals surface area (Å²) < 4.78 is 30.6. The summed E-state index contributed by atoms with van der Waals surface area (Å²) in [7, 11) is -4.31. The van der Waals surface area contributed by atoms with Gasteiger partial charge in [-0.05, 0) is 43.0 Å². The Hall–Kier alpha value is 0.340. The zero-order chi connectivity index (χ0) is 24.6. The minimum Gasteiger partial charge on any atom is -0.383 e. The van der Waals surface area contributed by atoms with Gasteiger partial charge >= 0.3 is 0 Å². The molecule has 1 unspecified atom stereocenters. The van der Waals surface area contributed by atoms with Crippen LogP contribution >= 0.6 is 81.2 Å². The molecule has 4 nitrogen and oxygen atoms in total. The third kappa shape index (κ3) is 6.51. The Morgan fingerprint density at radius 2 is 1.34 bits per heavy atom. The van der Waals surface area contributed by atoms with Crippen LogP contribution in [0.25, 0.3) is 0 Å². The van der Waals surface area contributed by atoms with E-state index in [1.807, 2.05) is 20.8 Å². The number of hydrogen-bond donors (Lipinski definition) is 1.